The van der Waals surface area contributed by atoms with Gasteiger partial charge in [0.2, 0.25) is 0 Å². The summed E-state index contributed by atoms with van der Waals surface area (Å²) in [7, 11) is 0. The van der Waals surface area contributed by atoms with E-state index in [0.717, 1.165) is 16.7 Å². The standard InChI is InChI=1S/C27H28N2O5/c30-24(25-23(29-27(32)34-25)17-20-12-6-2-7-13-20)22(16-19-10-4-1-5-11-19)28-26(31)33-18-21-14-8-3-9-15-21/h1-15,22-25,30H,16-18H2,(H,28,31)(H,29,32)/t22-,23-,24+,25-/m0/s1. The van der Waals surface area contributed by atoms with E-state index in [-0.39, 0.29) is 6.61 Å². The largest absolute Gasteiger partial charge is 0.445 e. The lowest BCUT2D eigenvalue weighted by Crippen LogP contribution is -2.53. The Hall–Kier alpha value is -3.84. The number of amides is 2. The average Bonchev–Trinajstić information content (AvgIpc) is 3.23. The molecule has 7 heteroatoms. The lowest BCUT2D eigenvalue weighted by Gasteiger charge is -2.29. The average molecular weight is 461 g/mol. The monoisotopic (exact) mass is 460 g/mol. The van der Waals surface area contributed by atoms with Crippen LogP contribution in [0.25, 0.3) is 0 Å². The molecule has 3 aromatic rings. The van der Waals surface area contributed by atoms with Gasteiger partial charge in [-0.2, -0.15) is 0 Å². The Bertz CT molecular complexity index is 1060. The normalized spacial score (nSPS) is 18.9. The van der Waals surface area contributed by atoms with Crippen molar-refractivity contribution in [3.63, 3.8) is 0 Å². The van der Waals surface area contributed by atoms with Crippen LogP contribution >= 0.6 is 0 Å². The van der Waals surface area contributed by atoms with Gasteiger partial charge in [-0.3, -0.25) is 0 Å². The molecule has 1 fully saturated rings. The molecule has 3 aromatic carbocycles. The fraction of sp³-hybridized carbons (Fsp3) is 0.259. The Balaban J connectivity index is 1.47. The van der Waals surface area contributed by atoms with Gasteiger partial charge in [0.1, 0.15) is 12.7 Å². The van der Waals surface area contributed by atoms with Crippen molar-refractivity contribution in [2.45, 2.75) is 43.7 Å². The molecule has 1 aliphatic rings. The first-order chi connectivity index (χ1) is 16.6. The Morgan fingerprint density at radius 1 is 0.912 bits per heavy atom. The number of ether oxygens (including phenoxy) is 2. The fourth-order valence-corrected chi connectivity index (χ4v) is 4.09. The summed E-state index contributed by atoms with van der Waals surface area (Å²) in [4.78, 5) is 24.7. The molecule has 1 aliphatic heterocycles. The van der Waals surface area contributed by atoms with Gasteiger partial charge in [0, 0.05) is 0 Å². The minimum absolute atomic E-state index is 0.109. The number of nitrogens with one attached hydrogen (secondary N) is 2. The predicted molar refractivity (Wildman–Crippen MR) is 127 cm³/mol. The van der Waals surface area contributed by atoms with E-state index >= 15 is 0 Å². The highest BCUT2D eigenvalue weighted by molar-refractivity contribution is 5.71. The van der Waals surface area contributed by atoms with Crippen molar-refractivity contribution in [3.05, 3.63) is 108 Å². The van der Waals surface area contributed by atoms with Gasteiger partial charge in [0.05, 0.1) is 12.1 Å². The van der Waals surface area contributed by atoms with Crippen LogP contribution in [-0.2, 0) is 28.9 Å². The summed E-state index contributed by atoms with van der Waals surface area (Å²) < 4.78 is 10.8. The van der Waals surface area contributed by atoms with E-state index in [4.69, 9.17) is 9.47 Å². The van der Waals surface area contributed by atoms with Gasteiger partial charge in [-0.25, -0.2) is 9.59 Å². The van der Waals surface area contributed by atoms with E-state index in [0.29, 0.717) is 12.8 Å². The molecular weight excluding hydrogens is 432 g/mol. The highest BCUT2D eigenvalue weighted by atomic mass is 16.6. The van der Waals surface area contributed by atoms with Crippen molar-refractivity contribution in [1.82, 2.24) is 10.6 Å². The van der Waals surface area contributed by atoms with Gasteiger partial charge >= 0.3 is 12.2 Å². The predicted octanol–water partition coefficient (Wildman–Crippen LogP) is 3.60. The molecule has 1 saturated heterocycles. The Morgan fingerprint density at radius 3 is 2.09 bits per heavy atom. The maximum absolute atomic E-state index is 12.6. The number of carbonyl (C=O) groups is 2. The molecule has 0 spiro atoms. The number of benzene rings is 3. The summed E-state index contributed by atoms with van der Waals surface area (Å²) in [5, 5.41) is 16.9. The second-order valence-electron chi connectivity index (χ2n) is 8.30. The summed E-state index contributed by atoms with van der Waals surface area (Å²) in [6, 6.07) is 27.3. The van der Waals surface area contributed by atoms with E-state index < -0.39 is 36.5 Å². The third-order valence-electron chi connectivity index (χ3n) is 5.80. The third-order valence-corrected chi connectivity index (χ3v) is 5.80. The zero-order valence-electron chi connectivity index (χ0n) is 18.7. The second-order valence-corrected chi connectivity index (χ2v) is 8.30. The summed E-state index contributed by atoms with van der Waals surface area (Å²) in [5.74, 6) is 0. The molecule has 0 aromatic heterocycles. The number of carbonyl (C=O) groups excluding carboxylic acids is 2. The summed E-state index contributed by atoms with van der Waals surface area (Å²) in [5.41, 5.74) is 2.78. The van der Waals surface area contributed by atoms with Crippen molar-refractivity contribution in [2.24, 2.45) is 0 Å². The second kappa shape index (κ2) is 11.3. The quantitative estimate of drug-likeness (QED) is 0.453. The first kappa shape index (κ1) is 23.3. The van der Waals surface area contributed by atoms with Crippen LogP contribution in [0.4, 0.5) is 9.59 Å². The maximum Gasteiger partial charge on any atom is 0.407 e. The lowest BCUT2D eigenvalue weighted by atomic mass is 9.92. The van der Waals surface area contributed by atoms with Crippen LogP contribution in [0.5, 0.6) is 0 Å². The Morgan fingerprint density at radius 2 is 1.47 bits per heavy atom. The van der Waals surface area contributed by atoms with Gasteiger partial charge in [-0.05, 0) is 29.5 Å². The van der Waals surface area contributed by atoms with Crippen molar-refractivity contribution >= 4 is 12.2 Å². The van der Waals surface area contributed by atoms with Gasteiger partial charge in [0.25, 0.3) is 0 Å². The summed E-state index contributed by atoms with van der Waals surface area (Å²) in [6.07, 6.45) is -2.40. The fourth-order valence-electron chi connectivity index (χ4n) is 4.09. The first-order valence-corrected chi connectivity index (χ1v) is 11.3. The van der Waals surface area contributed by atoms with Crippen LogP contribution in [0.3, 0.4) is 0 Å². The Labute approximate surface area is 198 Å². The topological polar surface area (TPSA) is 96.9 Å². The molecule has 1 heterocycles. The molecule has 34 heavy (non-hydrogen) atoms. The van der Waals surface area contributed by atoms with E-state index in [1.54, 1.807) is 0 Å². The smallest absolute Gasteiger partial charge is 0.407 e. The molecule has 0 bridgehead atoms. The first-order valence-electron chi connectivity index (χ1n) is 11.3. The number of aliphatic hydroxyl groups excluding tert-OH is 1. The van der Waals surface area contributed by atoms with E-state index in [1.165, 1.54) is 0 Å². The van der Waals surface area contributed by atoms with Crippen molar-refractivity contribution in [2.75, 3.05) is 0 Å². The minimum Gasteiger partial charge on any atom is -0.445 e. The number of rotatable bonds is 9. The molecule has 4 rings (SSSR count). The van der Waals surface area contributed by atoms with Gasteiger partial charge in [-0.15, -0.1) is 0 Å². The Kier molecular flexibility index (Phi) is 7.78. The van der Waals surface area contributed by atoms with Crippen LogP contribution in [0, 0.1) is 0 Å². The zero-order chi connectivity index (χ0) is 23.8. The zero-order valence-corrected chi connectivity index (χ0v) is 18.7. The lowest BCUT2D eigenvalue weighted by molar-refractivity contribution is -0.00326. The maximum atomic E-state index is 12.6. The van der Waals surface area contributed by atoms with Crippen molar-refractivity contribution in [1.29, 1.82) is 0 Å². The number of cyclic esters (lactones) is 1. The van der Waals surface area contributed by atoms with Crippen molar-refractivity contribution < 1.29 is 24.2 Å². The molecular formula is C27H28N2O5. The van der Waals surface area contributed by atoms with Gasteiger partial charge in [0.15, 0.2) is 6.10 Å². The van der Waals surface area contributed by atoms with E-state index in [1.807, 2.05) is 91.0 Å². The van der Waals surface area contributed by atoms with Crippen LogP contribution in [0.1, 0.15) is 16.7 Å². The molecule has 0 aliphatic carbocycles. The van der Waals surface area contributed by atoms with E-state index in [9.17, 15) is 14.7 Å². The summed E-state index contributed by atoms with van der Waals surface area (Å²) in [6.45, 7) is 0.109. The molecule has 7 nitrogen and oxygen atoms in total. The van der Waals surface area contributed by atoms with Crippen LogP contribution in [-0.4, -0.2) is 41.6 Å². The summed E-state index contributed by atoms with van der Waals surface area (Å²) >= 11 is 0. The minimum atomic E-state index is -1.16. The highest BCUT2D eigenvalue weighted by Gasteiger charge is 2.42. The van der Waals surface area contributed by atoms with E-state index in [2.05, 4.69) is 10.6 Å². The highest BCUT2D eigenvalue weighted by Crippen LogP contribution is 2.21. The van der Waals surface area contributed by atoms with Gasteiger partial charge < -0.3 is 25.2 Å². The van der Waals surface area contributed by atoms with Crippen LogP contribution < -0.4 is 10.6 Å². The van der Waals surface area contributed by atoms with Crippen LogP contribution in [0.2, 0.25) is 0 Å². The SMILES string of the molecule is O=C(N[C@@H](Cc1ccccc1)[C@@H](O)[C@H]1OC(=O)N[C@H]1Cc1ccccc1)OCc1ccccc1. The number of hydrogen-bond donors (Lipinski definition) is 3. The van der Waals surface area contributed by atoms with Gasteiger partial charge in [-0.1, -0.05) is 91.0 Å². The molecule has 4 atom stereocenters. The molecule has 0 saturated carbocycles. The van der Waals surface area contributed by atoms with Crippen LogP contribution in [0.15, 0.2) is 91.0 Å². The number of alkyl carbamates (subject to hydrolysis) is 2. The number of hydrogen-bond acceptors (Lipinski definition) is 5. The van der Waals surface area contributed by atoms with Crippen molar-refractivity contribution in [3.8, 4) is 0 Å². The molecule has 0 unspecified atom stereocenters. The number of aliphatic hydroxyl groups is 1. The molecule has 0 radical (unpaired) electrons. The molecule has 3 N–H and O–H groups in total. The molecule has 176 valence electrons. The third kappa shape index (κ3) is 6.36. The molecule has 2 amide bonds.